The Morgan fingerprint density at radius 2 is 1.96 bits per heavy atom. The molecule has 7 heteroatoms. The molecule has 0 unspecified atom stereocenters. The molecule has 2 aromatic carbocycles. The largest absolute Gasteiger partial charge is 0.378 e. The Bertz CT molecular complexity index is 996. The van der Waals surface area contributed by atoms with Crippen LogP contribution in [-0.2, 0) is 4.74 Å². The fourth-order valence-corrected chi connectivity index (χ4v) is 3.24. The van der Waals surface area contributed by atoms with Crippen LogP contribution in [0.15, 0.2) is 48.5 Å². The Labute approximate surface area is 162 Å². The fourth-order valence-electron chi connectivity index (χ4n) is 3.24. The number of hydrogen-bond donors (Lipinski definition) is 2. The summed E-state index contributed by atoms with van der Waals surface area (Å²) in [6.07, 6.45) is 0. The summed E-state index contributed by atoms with van der Waals surface area (Å²) in [5, 5.41) is 9.92. The van der Waals surface area contributed by atoms with Gasteiger partial charge in [-0.3, -0.25) is 9.89 Å². The second-order valence-corrected chi connectivity index (χ2v) is 6.70. The maximum absolute atomic E-state index is 13.5. The molecular weight excluding hydrogens is 359 g/mol. The first-order valence-corrected chi connectivity index (χ1v) is 9.17. The highest BCUT2D eigenvalue weighted by atomic mass is 19.1. The molecule has 2 heterocycles. The molecule has 1 aliphatic rings. The third-order valence-corrected chi connectivity index (χ3v) is 4.78. The standard InChI is InChI=1S/C21H21FN4O2/c1-14-12-15(6-7-16(14)22)18-13-19(25-24-18)21(27)23-17-4-2-3-5-20(17)26-8-10-28-11-9-26/h2-7,12-13H,8-11H2,1H3,(H,23,27)(H,24,25). The van der Waals surface area contributed by atoms with E-state index in [2.05, 4.69) is 20.4 Å². The lowest BCUT2D eigenvalue weighted by Gasteiger charge is -2.30. The first-order chi connectivity index (χ1) is 13.6. The first-order valence-electron chi connectivity index (χ1n) is 9.17. The number of ether oxygens (including phenoxy) is 1. The van der Waals surface area contributed by atoms with E-state index >= 15 is 0 Å². The van der Waals surface area contributed by atoms with Gasteiger partial charge in [-0.1, -0.05) is 12.1 Å². The second kappa shape index (κ2) is 7.82. The van der Waals surface area contributed by atoms with E-state index in [1.54, 1.807) is 25.1 Å². The highest BCUT2D eigenvalue weighted by molar-refractivity contribution is 6.05. The van der Waals surface area contributed by atoms with Gasteiger partial charge in [-0.05, 0) is 48.9 Å². The first kappa shape index (κ1) is 18.2. The second-order valence-electron chi connectivity index (χ2n) is 6.70. The Morgan fingerprint density at radius 3 is 2.75 bits per heavy atom. The molecule has 144 valence electrons. The summed E-state index contributed by atoms with van der Waals surface area (Å²) in [4.78, 5) is 14.9. The molecule has 0 aliphatic carbocycles. The highest BCUT2D eigenvalue weighted by Gasteiger charge is 2.17. The lowest BCUT2D eigenvalue weighted by atomic mass is 10.1. The van der Waals surface area contributed by atoms with E-state index in [-0.39, 0.29) is 11.7 Å². The summed E-state index contributed by atoms with van der Waals surface area (Å²) in [6, 6.07) is 14.1. The quantitative estimate of drug-likeness (QED) is 0.725. The number of morpholine rings is 1. The number of nitrogens with one attached hydrogen (secondary N) is 2. The number of amides is 1. The van der Waals surface area contributed by atoms with Gasteiger partial charge in [-0.15, -0.1) is 0 Å². The summed E-state index contributed by atoms with van der Waals surface area (Å²) in [5.41, 5.74) is 3.92. The molecule has 1 amide bonds. The van der Waals surface area contributed by atoms with Crippen LogP contribution in [0.4, 0.5) is 15.8 Å². The third kappa shape index (κ3) is 3.75. The van der Waals surface area contributed by atoms with Gasteiger partial charge in [0.25, 0.3) is 5.91 Å². The van der Waals surface area contributed by atoms with E-state index in [0.717, 1.165) is 30.0 Å². The average Bonchev–Trinajstić information content (AvgIpc) is 3.22. The fraction of sp³-hybridized carbons (Fsp3) is 0.238. The number of carbonyl (C=O) groups is 1. The van der Waals surface area contributed by atoms with Gasteiger partial charge in [0.05, 0.1) is 30.3 Å². The number of anilines is 2. The van der Waals surface area contributed by atoms with E-state index in [0.29, 0.717) is 30.2 Å². The van der Waals surface area contributed by atoms with Crippen LogP contribution in [0.2, 0.25) is 0 Å². The minimum absolute atomic E-state index is 0.267. The van der Waals surface area contributed by atoms with Crippen molar-refractivity contribution in [1.29, 1.82) is 0 Å². The van der Waals surface area contributed by atoms with E-state index in [9.17, 15) is 9.18 Å². The van der Waals surface area contributed by atoms with Gasteiger partial charge in [0.15, 0.2) is 0 Å². The lowest BCUT2D eigenvalue weighted by molar-refractivity contribution is 0.102. The molecule has 6 nitrogen and oxygen atoms in total. The van der Waals surface area contributed by atoms with Gasteiger partial charge in [-0.2, -0.15) is 5.10 Å². The summed E-state index contributed by atoms with van der Waals surface area (Å²) in [6.45, 7) is 4.60. The van der Waals surface area contributed by atoms with Gasteiger partial charge >= 0.3 is 0 Å². The molecule has 0 bridgehead atoms. The number of para-hydroxylation sites is 2. The lowest BCUT2D eigenvalue weighted by Crippen LogP contribution is -2.36. The molecule has 0 saturated carbocycles. The monoisotopic (exact) mass is 380 g/mol. The third-order valence-electron chi connectivity index (χ3n) is 4.78. The van der Waals surface area contributed by atoms with Crippen LogP contribution in [-0.4, -0.2) is 42.4 Å². The molecule has 0 spiro atoms. The number of aromatic amines is 1. The van der Waals surface area contributed by atoms with Crippen molar-refractivity contribution in [2.75, 3.05) is 36.5 Å². The van der Waals surface area contributed by atoms with Crippen molar-refractivity contribution in [3.05, 3.63) is 65.6 Å². The number of rotatable bonds is 4. The molecule has 3 aromatic rings. The number of benzene rings is 2. The Hall–Kier alpha value is -3.19. The number of hydrogen-bond acceptors (Lipinski definition) is 4. The minimum Gasteiger partial charge on any atom is -0.378 e. The normalized spacial score (nSPS) is 14.1. The maximum atomic E-state index is 13.5. The summed E-state index contributed by atoms with van der Waals surface area (Å²) >= 11 is 0. The molecule has 1 aliphatic heterocycles. The van der Waals surface area contributed by atoms with Crippen LogP contribution in [0.5, 0.6) is 0 Å². The molecule has 0 atom stereocenters. The van der Waals surface area contributed by atoms with E-state index < -0.39 is 0 Å². The number of carbonyl (C=O) groups excluding carboxylic acids is 1. The predicted octanol–water partition coefficient (Wildman–Crippen LogP) is 3.61. The number of nitrogens with zero attached hydrogens (tertiary/aromatic N) is 2. The summed E-state index contributed by atoms with van der Waals surface area (Å²) in [7, 11) is 0. The highest BCUT2D eigenvalue weighted by Crippen LogP contribution is 2.27. The van der Waals surface area contributed by atoms with Crippen molar-refractivity contribution in [2.24, 2.45) is 0 Å². The topological polar surface area (TPSA) is 70.2 Å². The zero-order chi connectivity index (χ0) is 19.5. The zero-order valence-corrected chi connectivity index (χ0v) is 15.5. The smallest absolute Gasteiger partial charge is 0.273 e. The van der Waals surface area contributed by atoms with Crippen LogP contribution >= 0.6 is 0 Å². The van der Waals surface area contributed by atoms with Crippen LogP contribution in [0.25, 0.3) is 11.3 Å². The summed E-state index contributed by atoms with van der Waals surface area (Å²) < 4.78 is 18.9. The van der Waals surface area contributed by atoms with Crippen LogP contribution in [0.1, 0.15) is 16.1 Å². The molecule has 1 aromatic heterocycles. The molecular formula is C21H21FN4O2. The Balaban J connectivity index is 1.53. The molecule has 4 rings (SSSR count). The average molecular weight is 380 g/mol. The van der Waals surface area contributed by atoms with Gasteiger partial charge < -0.3 is 15.0 Å². The molecule has 28 heavy (non-hydrogen) atoms. The Morgan fingerprint density at radius 1 is 1.18 bits per heavy atom. The molecule has 2 N–H and O–H groups in total. The number of H-pyrrole nitrogens is 1. The maximum Gasteiger partial charge on any atom is 0.273 e. The van der Waals surface area contributed by atoms with E-state index in [1.165, 1.54) is 6.07 Å². The Kier molecular flexibility index (Phi) is 5.08. The van der Waals surface area contributed by atoms with Crippen molar-refractivity contribution < 1.29 is 13.9 Å². The van der Waals surface area contributed by atoms with Gasteiger partial charge in [0.1, 0.15) is 11.5 Å². The molecule has 1 saturated heterocycles. The van der Waals surface area contributed by atoms with Gasteiger partial charge in [-0.25, -0.2) is 4.39 Å². The van der Waals surface area contributed by atoms with Crippen molar-refractivity contribution in [3.63, 3.8) is 0 Å². The van der Waals surface area contributed by atoms with E-state index in [1.807, 2.05) is 24.3 Å². The number of aromatic nitrogens is 2. The van der Waals surface area contributed by atoms with Gasteiger partial charge in [0, 0.05) is 18.7 Å². The predicted molar refractivity (Wildman–Crippen MR) is 106 cm³/mol. The summed E-state index contributed by atoms with van der Waals surface area (Å²) in [5.74, 6) is -0.546. The van der Waals surface area contributed by atoms with Crippen molar-refractivity contribution in [3.8, 4) is 11.3 Å². The molecule has 0 radical (unpaired) electrons. The van der Waals surface area contributed by atoms with Crippen LogP contribution in [0.3, 0.4) is 0 Å². The van der Waals surface area contributed by atoms with E-state index in [4.69, 9.17) is 4.74 Å². The van der Waals surface area contributed by atoms with Crippen molar-refractivity contribution in [2.45, 2.75) is 6.92 Å². The van der Waals surface area contributed by atoms with Gasteiger partial charge in [0.2, 0.25) is 0 Å². The number of aryl methyl sites for hydroxylation is 1. The number of halogens is 1. The SMILES string of the molecule is Cc1cc(-c2cc(C(=O)Nc3ccccc3N3CCOCC3)[nH]n2)ccc1F. The zero-order valence-electron chi connectivity index (χ0n) is 15.5. The van der Waals surface area contributed by atoms with Crippen molar-refractivity contribution in [1.82, 2.24) is 10.2 Å². The van der Waals surface area contributed by atoms with Crippen LogP contribution in [0, 0.1) is 12.7 Å². The molecule has 1 fully saturated rings. The van der Waals surface area contributed by atoms with Crippen molar-refractivity contribution >= 4 is 17.3 Å². The minimum atomic E-state index is -0.279. The van der Waals surface area contributed by atoms with Crippen LogP contribution < -0.4 is 10.2 Å².